The molecule has 4 heterocycles. The van der Waals surface area contributed by atoms with Gasteiger partial charge in [-0.3, -0.25) is 0 Å². The average molecular weight is 1070 g/mol. The van der Waals surface area contributed by atoms with Gasteiger partial charge >= 0.3 is 0 Å². The second kappa shape index (κ2) is 33.4. The highest BCUT2D eigenvalue weighted by atomic mass is 79.9. The summed E-state index contributed by atoms with van der Waals surface area (Å²) in [7, 11) is 0. The third kappa shape index (κ3) is 18.4. The molecule has 4 fully saturated rings. The smallest absolute Gasteiger partial charge is 0.105 e. The SMILES string of the molecule is CCCC[N+]1(Cc2cc(C[N+]3(CCCC)CCCC3)c(C[N+]3(CCCC)CCCC3)cc2C[N+]2(CCCC)CCCC2)CCCC1.O.O.O.O.O.O.[Br-].[Br-].[Br-].[Br-]. The largest absolute Gasteiger partial charge is 1.00 e. The van der Waals surface area contributed by atoms with Crippen molar-refractivity contribution in [1.29, 1.82) is 0 Å². The number of benzene rings is 1. The number of nitrogens with zero attached hydrogens (tertiary/aromatic N) is 4. The predicted octanol–water partition coefficient (Wildman–Crippen LogP) is -7.60. The van der Waals surface area contributed by atoms with Gasteiger partial charge in [0, 0.05) is 73.6 Å². The van der Waals surface area contributed by atoms with Gasteiger partial charge in [-0.05, 0) is 37.8 Å². The lowest BCUT2D eigenvalue weighted by Gasteiger charge is -2.40. The molecule has 5 rings (SSSR count). The van der Waals surface area contributed by atoms with Crippen molar-refractivity contribution in [3.05, 3.63) is 34.4 Å². The molecule has 4 saturated heterocycles. The lowest BCUT2D eigenvalue weighted by molar-refractivity contribution is -0.934. The van der Waals surface area contributed by atoms with Gasteiger partial charge in [0.15, 0.2) is 0 Å². The van der Waals surface area contributed by atoms with E-state index in [-0.39, 0.29) is 101 Å². The van der Waals surface area contributed by atoms with Crippen LogP contribution in [0.15, 0.2) is 12.1 Å². The van der Waals surface area contributed by atoms with Crippen LogP contribution in [0.3, 0.4) is 0 Å². The summed E-state index contributed by atoms with van der Waals surface area (Å²) in [6, 6.07) is 5.80. The Balaban J connectivity index is -0.000000625. The predicted molar refractivity (Wildman–Crippen MR) is 219 cm³/mol. The second-order valence-electron chi connectivity index (χ2n) is 17.3. The molecule has 0 unspecified atom stereocenters. The normalized spacial score (nSPS) is 18.9. The molecule has 0 atom stereocenters. The monoisotopic (exact) mass is 1060 g/mol. The molecule has 342 valence electrons. The molecule has 0 bridgehead atoms. The zero-order valence-corrected chi connectivity index (χ0v) is 42.4. The van der Waals surface area contributed by atoms with Crippen LogP contribution in [0.2, 0.25) is 0 Å². The Morgan fingerprint density at radius 3 is 0.625 bits per heavy atom. The van der Waals surface area contributed by atoms with Gasteiger partial charge < -0.3 is 119 Å². The van der Waals surface area contributed by atoms with Crippen LogP contribution in [0.5, 0.6) is 0 Å². The summed E-state index contributed by atoms with van der Waals surface area (Å²) < 4.78 is 5.50. The molecule has 0 spiro atoms. The van der Waals surface area contributed by atoms with E-state index in [2.05, 4.69) is 39.8 Å². The van der Waals surface area contributed by atoms with E-state index in [0.717, 1.165) is 0 Å². The van der Waals surface area contributed by atoms with Crippen molar-refractivity contribution in [2.45, 2.75) is 157 Å². The molecule has 4 aliphatic heterocycles. The Bertz CT molecular complexity index is 923. The van der Waals surface area contributed by atoms with Gasteiger partial charge in [0.1, 0.15) is 26.2 Å². The Kier molecular flexibility index (Phi) is 40.8. The van der Waals surface area contributed by atoms with Gasteiger partial charge in [-0.2, -0.15) is 0 Å². The summed E-state index contributed by atoms with van der Waals surface area (Å²) in [5, 5.41) is 0. The van der Waals surface area contributed by atoms with E-state index in [0.29, 0.717) is 0 Å². The first-order chi connectivity index (χ1) is 22.4. The summed E-state index contributed by atoms with van der Waals surface area (Å²) >= 11 is 0. The van der Waals surface area contributed by atoms with Crippen molar-refractivity contribution in [1.82, 2.24) is 0 Å². The fraction of sp³-hybridized carbons (Fsp3) is 0.857. The molecule has 4 aliphatic rings. The van der Waals surface area contributed by atoms with Gasteiger partial charge in [-0.25, -0.2) is 0 Å². The first-order valence-corrected chi connectivity index (χ1v) is 21.0. The number of unbranched alkanes of at least 4 members (excludes halogenated alkanes) is 4. The zero-order valence-electron chi connectivity index (χ0n) is 36.1. The number of likely N-dealkylation sites (tertiary alicyclic amines) is 4. The number of halogens is 4. The second-order valence-corrected chi connectivity index (χ2v) is 17.3. The Morgan fingerprint density at radius 1 is 0.321 bits per heavy atom. The van der Waals surface area contributed by atoms with Crippen LogP contribution in [-0.2, 0) is 26.2 Å². The lowest BCUT2D eigenvalue weighted by atomic mass is 9.94. The van der Waals surface area contributed by atoms with Crippen LogP contribution in [0.1, 0.15) is 153 Å². The molecule has 14 heteroatoms. The fourth-order valence-corrected chi connectivity index (χ4v) is 10.7. The molecule has 0 aliphatic carbocycles. The highest BCUT2D eigenvalue weighted by Gasteiger charge is 2.39. The maximum atomic E-state index is 2.90. The van der Waals surface area contributed by atoms with E-state index in [1.165, 1.54) is 225 Å². The summed E-state index contributed by atoms with van der Waals surface area (Å²) in [4.78, 5) is 0. The topological polar surface area (TPSA) is 189 Å². The van der Waals surface area contributed by atoms with Crippen molar-refractivity contribution in [3.63, 3.8) is 0 Å². The molecular formula is C42H90Br4N4O6. The fourth-order valence-electron chi connectivity index (χ4n) is 10.7. The van der Waals surface area contributed by atoms with Crippen molar-refractivity contribution in [2.75, 3.05) is 78.5 Å². The molecule has 1 aromatic rings. The van der Waals surface area contributed by atoms with Crippen LogP contribution >= 0.6 is 0 Å². The minimum atomic E-state index is 0. The van der Waals surface area contributed by atoms with E-state index >= 15 is 0 Å². The van der Waals surface area contributed by atoms with E-state index < -0.39 is 0 Å². The van der Waals surface area contributed by atoms with Gasteiger partial charge in [-0.1, -0.05) is 53.4 Å². The highest BCUT2D eigenvalue weighted by Crippen LogP contribution is 2.36. The van der Waals surface area contributed by atoms with E-state index in [1.807, 2.05) is 0 Å². The third-order valence-corrected chi connectivity index (χ3v) is 13.5. The number of hydrogen-bond acceptors (Lipinski definition) is 0. The molecular weight excluding hydrogens is 976 g/mol. The summed E-state index contributed by atoms with van der Waals surface area (Å²) in [5.74, 6) is 0. The van der Waals surface area contributed by atoms with Crippen LogP contribution in [-0.4, -0.2) is 129 Å². The molecule has 0 saturated carbocycles. The molecule has 56 heavy (non-hydrogen) atoms. The lowest BCUT2D eigenvalue weighted by Crippen LogP contribution is -3.00. The van der Waals surface area contributed by atoms with Crippen LogP contribution in [0, 0.1) is 0 Å². The standard InChI is InChI=1S/C42H78N4.4BrH.6H2O/c1-5-9-21-43(25-13-14-26-43)35-39-33-41(37-45(23-11-7-3)29-17-18-30-45)42(38-46(24-12-8-4)31-19-20-32-46)34-40(39)36-44(22-10-6-2)27-15-16-28-44;;;;;;;;;;/h33-34H,5-32,35-38H2,1-4H3;4*1H;6*1H2/q+4;;;;;;;;;;/p-4. The zero-order chi connectivity index (χ0) is 32.4. The number of hydrogen-bond donors (Lipinski definition) is 0. The van der Waals surface area contributed by atoms with Crippen molar-refractivity contribution >= 4 is 0 Å². The Hall–Kier alpha value is 0.740. The quantitative estimate of drug-likeness (QED) is 0.113. The summed E-state index contributed by atoms with van der Waals surface area (Å²) in [6.07, 6.45) is 22.4. The van der Waals surface area contributed by atoms with Crippen molar-refractivity contribution in [2.24, 2.45) is 0 Å². The van der Waals surface area contributed by atoms with Crippen LogP contribution in [0.4, 0.5) is 0 Å². The van der Waals surface area contributed by atoms with Crippen molar-refractivity contribution < 1.29 is 119 Å². The van der Waals surface area contributed by atoms with Crippen molar-refractivity contribution in [3.8, 4) is 0 Å². The minimum Gasteiger partial charge on any atom is -1.00 e. The van der Waals surface area contributed by atoms with Gasteiger partial charge in [0.25, 0.3) is 0 Å². The summed E-state index contributed by atoms with van der Waals surface area (Å²) in [5.41, 5.74) is 7.14. The Labute approximate surface area is 385 Å². The molecule has 0 aromatic heterocycles. The molecule has 10 nitrogen and oxygen atoms in total. The highest BCUT2D eigenvalue weighted by molar-refractivity contribution is 5.38. The number of rotatable bonds is 20. The van der Waals surface area contributed by atoms with Gasteiger partial charge in [0.05, 0.1) is 78.5 Å². The minimum absolute atomic E-state index is 0. The number of quaternary nitrogens is 4. The van der Waals surface area contributed by atoms with E-state index in [4.69, 9.17) is 0 Å². The molecule has 0 amide bonds. The van der Waals surface area contributed by atoms with Gasteiger partial charge in [-0.15, -0.1) is 0 Å². The first-order valence-electron chi connectivity index (χ1n) is 21.0. The molecule has 0 radical (unpaired) electrons. The van der Waals surface area contributed by atoms with E-state index in [9.17, 15) is 0 Å². The summed E-state index contributed by atoms with van der Waals surface area (Å²) in [6.45, 7) is 31.8. The van der Waals surface area contributed by atoms with E-state index in [1.54, 1.807) is 22.3 Å². The first kappa shape index (κ1) is 68.5. The van der Waals surface area contributed by atoms with Gasteiger partial charge in [0.2, 0.25) is 0 Å². The molecule has 12 N–H and O–H groups in total. The van der Waals surface area contributed by atoms with Crippen LogP contribution in [0.25, 0.3) is 0 Å². The average Bonchev–Trinajstić information content (AvgIpc) is 3.89. The third-order valence-electron chi connectivity index (χ3n) is 13.5. The maximum Gasteiger partial charge on any atom is 0.105 e. The van der Waals surface area contributed by atoms with Crippen LogP contribution < -0.4 is 67.9 Å². The molecule has 1 aromatic carbocycles. The Morgan fingerprint density at radius 2 is 0.482 bits per heavy atom. The maximum absolute atomic E-state index is 2.90.